The summed E-state index contributed by atoms with van der Waals surface area (Å²) in [5.74, 6) is 0.764. The molecular formula is C9H7BrN2O. The van der Waals surface area contributed by atoms with Gasteiger partial charge in [0.2, 0.25) is 0 Å². The Kier molecular flexibility index (Phi) is 2.14. The van der Waals surface area contributed by atoms with Gasteiger partial charge in [-0.1, -0.05) is 5.16 Å². The van der Waals surface area contributed by atoms with E-state index in [0.29, 0.717) is 0 Å². The van der Waals surface area contributed by atoms with Crippen LogP contribution in [-0.4, -0.2) is 10.1 Å². The first-order chi connectivity index (χ1) is 6.25. The summed E-state index contributed by atoms with van der Waals surface area (Å²) in [6.07, 6.45) is 1.72. The average molecular weight is 239 g/mol. The van der Waals surface area contributed by atoms with Crippen molar-refractivity contribution in [2.24, 2.45) is 0 Å². The Hall–Kier alpha value is -1.16. The van der Waals surface area contributed by atoms with Gasteiger partial charge in [-0.25, -0.2) is 4.98 Å². The second kappa shape index (κ2) is 3.30. The number of pyridine rings is 1. The number of hydrogen-bond donors (Lipinski definition) is 0. The fourth-order valence-electron chi connectivity index (χ4n) is 1.06. The molecule has 0 unspecified atom stereocenters. The molecule has 13 heavy (non-hydrogen) atoms. The maximum Gasteiger partial charge on any atom is 0.167 e. The van der Waals surface area contributed by atoms with E-state index in [1.54, 1.807) is 6.20 Å². The van der Waals surface area contributed by atoms with Gasteiger partial charge >= 0.3 is 0 Å². The smallest absolute Gasteiger partial charge is 0.167 e. The number of halogens is 1. The summed E-state index contributed by atoms with van der Waals surface area (Å²) >= 11 is 3.29. The number of nitrogens with zero attached hydrogens (tertiary/aromatic N) is 2. The number of aromatic nitrogens is 2. The molecule has 0 fully saturated rings. The Labute approximate surface area is 83.9 Å². The van der Waals surface area contributed by atoms with Crippen LogP contribution in [0.2, 0.25) is 0 Å². The Balaban J connectivity index is 2.46. The monoisotopic (exact) mass is 238 g/mol. The summed E-state index contributed by atoms with van der Waals surface area (Å²) in [4.78, 5) is 4.03. The normalized spacial score (nSPS) is 10.3. The first-order valence-corrected chi connectivity index (χ1v) is 4.60. The van der Waals surface area contributed by atoms with Gasteiger partial charge in [0.05, 0.1) is 5.69 Å². The highest BCUT2D eigenvalue weighted by atomic mass is 79.9. The minimum absolute atomic E-state index is 0.764. The van der Waals surface area contributed by atoms with Crippen LogP contribution in [0.5, 0.6) is 0 Å². The minimum Gasteiger partial charge on any atom is -0.356 e. The number of rotatable bonds is 1. The summed E-state index contributed by atoms with van der Waals surface area (Å²) in [6, 6.07) is 5.66. The summed E-state index contributed by atoms with van der Waals surface area (Å²) < 4.78 is 5.90. The molecule has 3 nitrogen and oxygen atoms in total. The fourth-order valence-corrected chi connectivity index (χ4v) is 1.42. The SMILES string of the molecule is Cc1cc(-c2ccnc(Br)c2)on1. The minimum atomic E-state index is 0.764. The van der Waals surface area contributed by atoms with Gasteiger partial charge in [-0.05, 0) is 35.0 Å². The van der Waals surface area contributed by atoms with E-state index in [2.05, 4.69) is 26.1 Å². The van der Waals surface area contributed by atoms with Gasteiger partial charge in [0.25, 0.3) is 0 Å². The summed E-state index contributed by atoms with van der Waals surface area (Å²) in [5, 5.41) is 3.81. The molecule has 0 spiro atoms. The quantitative estimate of drug-likeness (QED) is 0.718. The largest absolute Gasteiger partial charge is 0.356 e. The maximum absolute atomic E-state index is 5.11. The number of aryl methyl sites for hydroxylation is 1. The molecule has 0 bridgehead atoms. The summed E-state index contributed by atoms with van der Waals surface area (Å²) in [5.41, 5.74) is 1.85. The summed E-state index contributed by atoms with van der Waals surface area (Å²) in [6.45, 7) is 1.89. The predicted molar refractivity (Wildman–Crippen MR) is 52.2 cm³/mol. The van der Waals surface area contributed by atoms with Gasteiger partial charge in [-0.3, -0.25) is 0 Å². The molecule has 0 N–H and O–H groups in total. The van der Waals surface area contributed by atoms with Gasteiger partial charge in [-0.15, -0.1) is 0 Å². The van der Waals surface area contributed by atoms with E-state index in [4.69, 9.17) is 4.52 Å². The first-order valence-electron chi connectivity index (χ1n) is 3.81. The molecule has 2 aromatic rings. The second-order valence-corrected chi connectivity index (χ2v) is 3.51. The van der Waals surface area contributed by atoms with Gasteiger partial charge in [0, 0.05) is 17.8 Å². The summed E-state index contributed by atoms with van der Waals surface area (Å²) in [7, 11) is 0. The van der Waals surface area contributed by atoms with Crippen molar-refractivity contribution in [2.45, 2.75) is 6.92 Å². The van der Waals surface area contributed by atoms with Gasteiger partial charge in [0.1, 0.15) is 4.60 Å². The predicted octanol–water partition coefficient (Wildman–Crippen LogP) is 2.81. The zero-order valence-electron chi connectivity index (χ0n) is 6.99. The molecule has 2 aromatic heterocycles. The maximum atomic E-state index is 5.11. The van der Waals surface area contributed by atoms with Gasteiger partial charge in [-0.2, -0.15) is 0 Å². The Morgan fingerprint density at radius 2 is 2.23 bits per heavy atom. The van der Waals surface area contributed by atoms with Crippen LogP contribution in [0.3, 0.4) is 0 Å². The Morgan fingerprint density at radius 3 is 2.85 bits per heavy atom. The standard InChI is InChI=1S/C9H7BrN2O/c1-6-4-8(13-12-6)7-2-3-11-9(10)5-7/h2-5H,1H3. The third-order valence-electron chi connectivity index (χ3n) is 1.64. The van der Waals surface area contributed by atoms with Crippen molar-refractivity contribution in [3.05, 3.63) is 34.7 Å². The van der Waals surface area contributed by atoms with E-state index < -0.39 is 0 Å². The zero-order chi connectivity index (χ0) is 9.26. The van der Waals surface area contributed by atoms with Crippen LogP contribution in [0.15, 0.2) is 33.5 Å². The van der Waals surface area contributed by atoms with Crippen molar-refractivity contribution in [2.75, 3.05) is 0 Å². The third kappa shape index (κ3) is 1.78. The van der Waals surface area contributed by atoms with Crippen LogP contribution in [-0.2, 0) is 0 Å². The van der Waals surface area contributed by atoms with Crippen LogP contribution in [0.25, 0.3) is 11.3 Å². The third-order valence-corrected chi connectivity index (χ3v) is 2.07. The van der Waals surface area contributed by atoms with E-state index in [0.717, 1.165) is 21.6 Å². The Morgan fingerprint density at radius 1 is 1.38 bits per heavy atom. The molecule has 0 aromatic carbocycles. The van der Waals surface area contributed by atoms with Crippen molar-refractivity contribution in [1.29, 1.82) is 0 Å². The molecule has 0 aliphatic rings. The van der Waals surface area contributed by atoms with Crippen LogP contribution < -0.4 is 0 Å². The fraction of sp³-hybridized carbons (Fsp3) is 0.111. The molecule has 0 aliphatic carbocycles. The van der Waals surface area contributed by atoms with Crippen molar-refractivity contribution < 1.29 is 4.52 Å². The highest BCUT2D eigenvalue weighted by Crippen LogP contribution is 2.21. The van der Waals surface area contributed by atoms with Crippen LogP contribution in [0.1, 0.15) is 5.69 Å². The highest BCUT2D eigenvalue weighted by Gasteiger charge is 2.03. The highest BCUT2D eigenvalue weighted by molar-refractivity contribution is 9.10. The molecular weight excluding hydrogens is 232 g/mol. The van der Waals surface area contributed by atoms with Gasteiger partial charge < -0.3 is 4.52 Å². The van der Waals surface area contributed by atoms with Gasteiger partial charge in [0.15, 0.2) is 5.76 Å². The molecule has 66 valence electrons. The molecule has 0 saturated carbocycles. The molecule has 4 heteroatoms. The van der Waals surface area contributed by atoms with E-state index >= 15 is 0 Å². The molecule has 2 heterocycles. The van der Waals surface area contributed by atoms with E-state index in [1.807, 2.05) is 25.1 Å². The zero-order valence-corrected chi connectivity index (χ0v) is 8.58. The van der Waals surface area contributed by atoms with Crippen molar-refractivity contribution in [1.82, 2.24) is 10.1 Å². The number of hydrogen-bond acceptors (Lipinski definition) is 3. The lowest BCUT2D eigenvalue weighted by atomic mass is 10.2. The topological polar surface area (TPSA) is 38.9 Å². The van der Waals surface area contributed by atoms with E-state index in [9.17, 15) is 0 Å². The second-order valence-electron chi connectivity index (χ2n) is 2.70. The molecule has 0 atom stereocenters. The molecule has 0 amide bonds. The van der Waals surface area contributed by atoms with Crippen molar-refractivity contribution >= 4 is 15.9 Å². The molecule has 2 rings (SSSR count). The van der Waals surface area contributed by atoms with E-state index in [-0.39, 0.29) is 0 Å². The van der Waals surface area contributed by atoms with Crippen LogP contribution in [0.4, 0.5) is 0 Å². The lowest BCUT2D eigenvalue weighted by molar-refractivity contribution is 0.427. The van der Waals surface area contributed by atoms with Crippen molar-refractivity contribution in [3.63, 3.8) is 0 Å². The Bertz CT molecular complexity index is 425. The van der Waals surface area contributed by atoms with E-state index in [1.165, 1.54) is 0 Å². The molecule has 0 aliphatic heterocycles. The molecule has 0 radical (unpaired) electrons. The molecule has 0 saturated heterocycles. The van der Waals surface area contributed by atoms with Crippen LogP contribution in [0, 0.1) is 6.92 Å². The average Bonchev–Trinajstić information content (AvgIpc) is 2.52. The van der Waals surface area contributed by atoms with Crippen LogP contribution >= 0.6 is 15.9 Å². The first kappa shape index (κ1) is 8.44. The van der Waals surface area contributed by atoms with Crippen molar-refractivity contribution in [3.8, 4) is 11.3 Å². The lowest BCUT2D eigenvalue weighted by Gasteiger charge is -1.94. The lowest BCUT2D eigenvalue weighted by Crippen LogP contribution is -1.76.